The molecule has 0 aliphatic carbocycles. The van der Waals surface area contributed by atoms with Gasteiger partial charge < -0.3 is 20.9 Å². The van der Waals surface area contributed by atoms with Gasteiger partial charge in [0.2, 0.25) is 5.91 Å². The third kappa shape index (κ3) is 8.42. The molecule has 3 rings (SSSR count). The van der Waals surface area contributed by atoms with Gasteiger partial charge in [0.25, 0.3) is 0 Å². The molecule has 1 saturated heterocycles. The number of halogens is 2. The number of nitrogens with zero attached hydrogens (tertiary/aromatic N) is 2. The topological polar surface area (TPSA) is 76.7 Å². The van der Waals surface area contributed by atoms with Gasteiger partial charge in [-0.25, -0.2) is 4.79 Å². The lowest BCUT2D eigenvalue weighted by atomic mass is 10.1. The summed E-state index contributed by atoms with van der Waals surface area (Å²) in [5, 5.41) is 8.53. The maximum atomic E-state index is 12.3. The largest absolute Gasteiger partial charge is 0.369 e. The number of rotatable bonds is 10. The maximum Gasteiger partial charge on any atom is 0.323 e. The second kappa shape index (κ2) is 13.3. The van der Waals surface area contributed by atoms with E-state index < -0.39 is 0 Å². The smallest absolute Gasteiger partial charge is 0.323 e. The van der Waals surface area contributed by atoms with Crippen molar-refractivity contribution in [3.8, 4) is 0 Å². The van der Waals surface area contributed by atoms with Crippen LogP contribution in [-0.4, -0.2) is 61.3 Å². The van der Waals surface area contributed by atoms with E-state index in [9.17, 15) is 9.59 Å². The first-order valence-corrected chi connectivity index (χ1v) is 12.3. The highest BCUT2D eigenvalue weighted by Gasteiger charge is 2.14. The summed E-state index contributed by atoms with van der Waals surface area (Å²) in [5.74, 6) is 1.01. The molecule has 3 N–H and O–H groups in total. The minimum atomic E-state index is -0.344. The molecule has 1 aliphatic rings. The zero-order valence-corrected chi connectivity index (χ0v) is 20.2. The number of urea groups is 1. The molecule has 2 aromatic carbocycles. The summed E-state index contributed by atoms with van der Waals surface area (Å²) in [6, 6.07) is 14.3. The van der Waals surface area contributed by atoms with Gasteiger partial charge in [0, 0.05) is 47.6 Å². The first-order chi connectivity index (χ1) is 16.1. The van der Waals surface area contributed by atoms with Gasteiger partial charge in [-0.05, 0) is 74.5 Å². The van der Waals surface area contributed by atoms with Crippen LogP contribution in [0.4, 0.5) is 27.5 Å². The lowest BCUT2D eigenvalue weighted by Crippen LogP contribution is -2.36. The predicted octanol–water partition coefficient (Wildman–Crippen LogP) is 5.04. The van der Waals surface area contributed by atoms with Crippen LogP contribution in [0.3, 0.4) is 0 Å². The van der Waals surface area contributed by atoms with Crippen molar-refractivity contribution < 1.29 is 9.59 Å². The summed E-state index contributed by atoms with van der Waals surface area (Å²) in [5.41, 5.74) is 3.01. The summed E-state index contributed by atoms with van der Waals surface area (Å²) in [6.07, 6.45) is 3.55. The second-order valence-corrected chi connectivity index (χ2v) is 8.71. The Morgan fingerprint density at radius 3 is 1.76 bits per heavy atom. The quantitative estimate of drug-likeness (QED) is 0.407. The molecule has 0 unspecified atom stereocenters. The SMILES string of the molecule is O=C(CN1CCCCC1)Nc1ccc(NC(=O)Nc2ccc(N(CCCl)CCCl)cc2)cc1. The molecule has 0 atom stereocenters. The van der Waals surface area contributed by atoms with Crippen molar-refractivity contribution >= 4 is 57.9 Å². The molecule has 2 aromatic rings. The first-order valence-electron chi connectivity index (χ1n) is 11.2. The fraction of sp³-hybridized carbons (Fsp3) is 0.417. The Morgan fingerprint density at radius 2 is 1.24 bits per heavy atom. The van der Waals surface area contributed by atoms with E-state index in [1.165, 1.54) is 6.42 Å². The molecule has 178 valence electrons. The summed E-state index contributed by atoms with van der Waals surface area (Å²) in [4.78, 5) is 28.9. The van der Waals surface area contributed by atoms with Gasteiger partial charge in [-0.3, -0.25) is 9.69 Å². The molecule has 9 heteroatoms. The van der Waals surface area contributed by atoms with Crippen molar-refractivity contribution in [2.75, 3.05) is 65.3 Å². The first kappa shape index (κ1) is 25.1. The Labute approximate surface area is 205 Å². The standard InChI is InChI=1S/C24H31Cl2N5O2/c25-12-16-31(17-13-26)22-10-8-21(9-11-22)29-24(33)28-20-6-4-19(5-7-20)27-23(32)18-30-14-2-1-3-15-30/h4-11H,1-3,12-18H2,(H,27,32)(H2,28,29,33). The molecule has 7 nitrogen and oxygen atoms in total. The fourth-order valence-electron chi connectivity index (χ4n) is 3.78. The Kier molecular flexibility index (Phi) is 10.1. The third-order valence-electron chi connectivity index (χ3n) is 5.44. The Balaban J connectivity index is 1.46. The Hall–Kier alpha value is -2.48. The van der Waals surface area contributed by atoms with Crippen LogP contribution >= 0.6 is 23.2 Å². The molecule has 1 fully saturated rings. The highest BCUT2D eigenvalue weighted by Crippen LogP contribution is 2.19. The monoisotopic (exact) mass is 491 g/mol. The zero-order chi connectivity index (χ0) is 23.5. The van der Waals surface area contributed by atoms with Gasteiger partial charge in [-0.2, -0.15) is 0 Å². The molecule has 33 heavy (non-hydrogen) atoms. The van der Waals surface area contributed by atoms with Crippen LogP contribution in [0.2, 0.25) is 0 Å². The molecule has 0 spiro atoms. The highest BCUT2D eigenvalue weighted by molar-refractivity contribution is 6.18. The number of carbonyl (C=O) groups excluding carboxylic acids is 2. The van der Waals surface area contributed by atoms with E-state index in [2.05, 4.69) is 25.8 Å². The van der Waals surface area contributed by atoms with Crippen molar-refractivity contribution in [3.63, 3.8) is 0 Å². The number of piperidine rings is 1. The maximum absolute atomic E-state index is 12.3. The van der Waals surface area contributed by atoms with Crippen LogP contribution < -0.4 is 20.9 Å². The van der Waals surface area contributed by atoms with Gasteiger partial charge in [-0.15, -0.1) is 23.2 Å². The number of anilines is 4. The van der Waals surface area contributed by atoms with Gasteiger partial charge in [-0.1, -0.05) is 6.42 Å². The van der Waals surface area contributed by atoms with Crippen LogP contribution in [0.15, 0.2) is 48.5 Å². The molecule has 0 bridgehead atoms. The summed E-state index contributed by atoms with van der Waals surface area (Å²) < 4.78 is 0. The second-order valence-electron chi connectivity index (χ2n) is 7.95. The van der Waals surface area contributed by atoms with Gasteiger partial charge in [0.05, 0.1) is 6.54 Å². The van der Waals surface area contributed by atoms with Crippen molar-refractivity contribution in [2.45, 2.75) is 19.3 Å². The summed E-state index contributed by atoms with van der Waals surface area (Å²) >= 11 is 11.7. The van der Waals surface area contributed by atoms with Gasteiger partial charge >= 0.3 is 6.03 Å². The van der Waals surface area contributed by atoms with Crippen molar-refractivity contribution in [1.82, 2.24) is 4.90 Å². The van der Waals surface area contributed by atoms with Gasteiger partial charge in [0.15, 0.2) is 0 Å². The molecule has 1 heterocycles. The van der Waals surface area contributed by atoms with Crippen LogP contribution in [0.1, 0.15) is 19.3 Å². The number of hydrogen-bond acceptors (Lipinski definition) is 4. The average molecular weight is 492 g/mol. The number of hydrogen-bond donors (Lipinski definition) is 3. The number of likely N-dealkylation sites (tertiary alicyclic amines) is 1. The molecule has 1 aliphatic heterocycles. The van der Waals surface area contributed by atoms with E-state index in [-0.39, 0.29) is 11.9 Å². The van der Waals surface area contributed by atoms with Crippen molar-refractivity contribution in [1.29, 1.82) is 0 Å². The van der Waals surface area contributed by atoms with Crippen molar-refractivity contribution in [2.24, 2.45) is 0 Å². The number of benzene rings is 2. The minimum absolute atomic E-state index is 0.0190. The molecular weight excluding hydrogens is 461 g/mol. The van der Waals surface area contributed by atoms with Crippen molar-refractivity contribution in [3.05, 3.63) is 48.5 Å². The van der Waals surface area contributed by atoms with E-state index in [4.69, 9.17) is 23.2 Å². The fourth-order valence-corrected chi connectivity index (χ4v) is 4.19. The number of alkyl halides is 2. The molecule has 0 aromatic heterocycles. The molecular formula is C24H31Cl2N5O2. The van der Waals surface area contributed by atoms with Crippen LogP contribution in [-0.2, 0) is 4.79 Å². The Morgan fingerprint density at radius 1 is 0.758 bits per heavy atom. The van der Waals surface area contributed by atoms with E-state index in [1.54, 1.807) is 24.3 Å². The van der Waals surface area contributed by atoms with E-state index >= 15 is 0 Å². The number of nitrogens with one attached hydrogen (secondary N) is 3. The average Bonchev–Trinajstić information content (AvgIpc) is 2.81. The van der Waals surface area contributed by atoms with E-state index in [0.29, 0.717) is 48.5 Å². The summed E-state index contributed by atoms with van der Waals surface area (Å²) in [6.45, 7) is 3.78. The van der Waals surface area contributed by atoms with Crippen LogP contribution in [0.25, 0.3) is 0 Å². The Bertz CT molecular complexity index is 881. The van der Waals surface area contributed by atoms with Crippen LogP contribution in [0, 0.1) is 0 Å². The lowest BCUT2D eigenvalue weighted by molar-refractivity contribution is -0.117. The number of carbonyl (C=O) groups is 2. The van der Waals surface area contributed by atoms with Gasteiger partial charge in [0.1, 0.15) is 0 Å². The van der Waals surface area contributed by atoms with E-state index in [1.807, 2.05) is 24.3 Å². The van der Waals surface area contributed by atoms with E-state index in [0.717, 1.165) is 31.6 Å². The number of amides is 3. The summed E-state index contributed by atoms with van der Waals surface area (Å²) in [7, 11) is 0. The zero-order valence-electron chi connectivity index (χ0n) is 18.7. The van der Waals surface area contributed by atoms with Crippen LogP contribution in [0.5, 0.6) is 0 Å². The highest BCUT2D eigenvalue weighted by atomic mass is 35.5. The third-order valence-corrected chi connectivity index (χ3v) is 5.78. The lowest BCUT2D eigenvalue weighted by Gasteiger charge is -2.25. The normalized spacial score (nSPS) is 13.9. The minimum Gasteiger partial charge on any atom is -0.369 e. The predicted molar refractivity (Wildman–Crippen MR) is 138 cm³/mol. The molecule has 3 amide bonds. The molecule has 0 saturated carbocycles. The molecule has 0 radical (unpaired) electrons.